The van der Waals surface area contributed by atoms with Crippen LogP contribution >= 0.6 is 0 Å². The Bertz CT molecular complexity index is 612. The third kappa shape index (κ3) is 2.28. The van der Waals surface area contributed by atoms with E-state index in [0.29, 0.717) is 11.3 Å². The number of carbonyl (C=O) groups excluding carboxylic acids is 1. The number of hydrogen-bond donors (Lipinski definition) is 0. The zero-order chi connectivity index (χ0) is 13.1. The zero-order valence-electron chi connectivity index (χ0n) is 10.7. The van der Waals surface area contributed by atoms with Gasteiger partial charge in [-0.15, -0.1) is 0 Å². The predicted octanol–water partition coefficient (Wildman–Crippen LogP) is 3.88. The number of benzene rings is 2. The van der Waals surface area contributed by atoms with Crippen LogP contribution in [0.4, 0.5) is 0 Å². The molecule has 0 saturated carbocycles. The number of esters is 1. The van der Waals surface area contributed by atoms with Crippen LogP contribution in [0.5, 0.6) is 5.75 Å². The van der Waals surface area contributed by atoms with E-state index >= 15 is 0 Å². The molecule has 0 unspecified atom stereocenters. The summed E-state index contributed by atoms with van der Waals surface area (Å²) in [6.07, 6.45) is 0.954. The molecule has 2 aromatic carbocycles. The first kappa shape index (κ1) is 12.4. The van der Waals surface area contributed by atoms with E-state index in [9.17, 15) is 4.79 Å². The Labute approximate surface area is 107 Å². The average Bonchev–Trinajstić information content (AvgIpc) is 2.39. The van der Waals surface area contributed by atoms with Crippen LogP contribution in [0.25, 0.3) is 10.8 Å². The van der Waals surface area contributed by atoms with Crippen LogP contribution in [0.2, 0.25) is 0 Å². The summed E-state index contributed by atoms with van der Waals surface area (Å²) in [5.74, 6) is 0.209. The molecule has 0 bridgehead atoms. The average molecular weight is 240 g/mol. The van der Waals surface area contributed by atoms with Gasteiger partial charge in [0.1, 0.15) is 5.75 Å². The van der Waals surface area contributed by atoms with Gasteiger partial charge in [-0.1, -0.05) is 43.8 Å². The van der Waals surface area contributed by atoms with Gasteiger partial charge in [-0.25, -0.2) is 4.79 Å². The quantitative estimate of drug-likeness (QED) is 0.462. The summed E-state index contributed by atoms with van der Waals surface area (Å²) < 4.78 is 5.35. The van der Waals surface area contributed by atoms with Crippen molar-refractivity contribution in [2.45, 2.75) is 20.3 Å². The van der Waals surface area contributed by atoms with E-state index in [4.69, 9.17) is 4.74 Å². The molecule has 0 amide bonds. The van der Waals surface area contributed by atoms with Crippen LogP contribution < -0.4 is 4.74 Å². The molecule has 2 rings (SSSR count). The Morgan fingerprint density at radius 2 is 1.83 bits per heavy atom. The van der Waals surface area contributed by atoms with Gasteiger partial charge in [0.25, 0.3) is 0 Å². The van der Waals surface area contributed by atoms with Crippen LogP contribution in [0, 0.1) is 0 Å². The topological polar surface area (TPSA) is 26.3 Å². The van der Waals surface area contributed by atoms with Crippen molar-refractivity contribution in [1.29, 1.82) is 0 Å². The first-order chi connectivity index (χ1) is 8.63. The highest BCUT2D eigenvalue weighted by Crippen LogP contribution is 2.29. The van der Waals surface area contributed by atoms with Gasteiger partial charge in [0.2, 0.25) is 0 Å². The van der Waals surface area contributed by atoms with Crippen LogP contribution in [0.15, 0.2) is 48.6 Å². The summed E-state index contributed by atoms with van der Waals surface area (Å²) in [4.78, 5) is 11.6. The maximum Gasteiger partial charge on any atom is 0.338 e. The molecule has 0 atom stereocenters. The maximum absolute atomic E-state index is 11.6. The van der Waals surface area contributed by atoms with Gasteiger partial charge in [-0.2, -0.15) is 0 Å². The van der Waals surface area contributed by atoms with Crippen LogP contribution in [-0.2, 0) is 11.2 Å². The molecular formula is C16H16O2. The minimum atomic E-state index is -0.385. The minimum absolute atomic E-state index is 0.385. The van der Waals surface area contributed by atoms with E-state index in [1.807, 2.05) is 36.4 Å². The van der Waals surface area contributed by atoms with Gasteiger partial charge in [-0.3, -0.25) is 0 Å². The molecule has 18 heavy (non-hydrogen) atoms. The molecule has 2 nitrogen and oxygen atoms in total. The molecule has 0 aliphatic heterocycles. The van der Waals surface area contributed by atoms with E-state index in [1.165, 1.54) is 5.56 Å². The van der Waals surface area contributed by atoms with Crippen molar-refractivity contribution in [3.8, 4) is 5.75 Å². The lowest BCUT2D eigenvalue weighted by Crippen LogP contribution is -2.08. The molecule has 92 valence electrons. The van der Waals surface area contributed by atoms with Gasteiger partial charge in [0, 0.05) is 11.0 Å². The highest BCUT2D eigenvalue weighted by atomic mass is 16.5. The van der Waals surface area contributed by atoms with E-state index in [-0.39, 0.29) is 5.97 Å². The predicted molar refractivity (Wildman–Crippen MR) is 73.8 cm³/mol. The van der Waals surface area contributed by atoms with E-state index in [1.54, 1.807) is 6.92 Å². The van der Waals surface area contributed by atoms with E-state index < -0.39 is 0 Å². The third-order valence-electron chi connectivity index (χ3n) is 2.91. The Hall–Kier alpha value is -2.09. The molecule has 0 aromatic heterocycles. The maximum atomic E-state index is 11.6. The lowest BCUT2D eigenvalue weighted by molar-refractivity contribution is -0.129. The third-order valence-corrected chi connectivity index (χ3v) is 2.91. The lowest BCUT2D eigenvalue weighted by atomic mass is 10.0. The molecule has 2 heteroatoms. The Kier molecular flexibility index (Phi) is 3.47. The largest absolute Gasteiger partial charge is 0.423 e. The van der Waals surface area contributed by atoms with Crippen molar-refractivity contribution >= 4 is 16.7 Å². The number of fused-ring (bicyclic) bond motifs is 1. The molecule has 0 aliphatic rings. The molecule has 0 aliphatic carbocycles. The van der Waals surface area contributed by atoms with E-state index in [0.717, 1.165) is 17.2 Å². The zero-order valence-corrected chi connectivity index (χ0v) is 10.7. The Morgan fingerprint density at radius 3 is 2.44 bits per heavy atom. The summed E-state index contributed by atoms with van der Waals surface area (Å²) in [5.41, 5.74) is 1.65. The molecule has 0 radical (unpaired) electrons. The minimum Gasteiger partial charge on any atom is -0.423 e. The summed E-state index contributed by atoms with van der Waals surface area (Å²) in [6.45, 7) is 7.35. The fourth-order valence-electron chi connectivity index (χ4n) is 1.92. The standard InChI is InChI=1S/C16H16O2/c1-4-12-9-10-15(18-16(17)11(2)3)14-8-6-5-7-13(12)14/h5-10H,2,4H2,1,3H3. The second-order valence-corrected chi connectivity index (χ2v) is 4.29. The second kappa shape index (κ2) is 5.05. The fourth-order valence-corrected chi connectivity index (χ4v) is 1.92. The summed E-state index contributed by atoms with van der Waals surface area (Å²) >= 11 is 0. The Balaban J connectivity index is 2.53. The van der Waals surface area contributed by atoms with Crippen molar-refractivity contribution in [2.75, 3.05) is 0 Å². The smallest absolute Gasteiger partial charge is 0.338 e. The first-order valence-electron chi connectivity index (χ1n) is 6.01. The fraction of sp³-hybridized carbons (Fsp3) is 0.188. The molecule has 0 fully saturated rings. The molecule has 0 N–H and O–H groups in total. The normalized spacial score (nSPS) is 10.3. The second-order valence-electron chi connectivity index (χ2n) is 4.29. The van der Waals surface area contributed by atoms with Gasteiger partial charge in [0.05, 0.1) is 0 Å². The number of hydrogen-bond acceptors (Lipinski definition) is 2. The van der Waals surface area contributed by atoms with Gasteiger partial charge in [0.15, 0.2) is 0 Å². The van der Waals surface area contributed by atoms with Crippen LogP contribution in [0.1, 0.15) is 19.4 Å². The van der Waals surface area contributed by atoms with Crippen molar-refractivity contribution < 1.29 is 9.53 Å². The monoisotopic (exact) mass is 240 g/mol. The highest BCUT2D eigenvalue weighted by molar-refractivity contribution is 5.95. The van der Waals surface area contributed by atoms with Crippen molar-refractivity contribution in [2.24, 2.45) is 0 Å². The molecule has 2 aromatic rings. The molecular weight excluding hydrogens is 224 g/mol. The molecule has 0 saturated heterocycles. The summed E-state index contributed by atoms with van der Waals surface area (Å²) in [6, 6.07) is 11.8. The molecule has 0 spiro atoms. The van der Waals surface area contributed by atoms with Gasteiger partial charge < -0.3 is 4.74 Å². The van der Waals surface area contributed by atoms with Crippen molar-refractivity contribution in [3.63, 3.8) is 0 Å². The first-order valence-corrected chi connectivity index (χ1v) is 6.01. The Morgan fingerprint density at radius 1 is 1.17 bits per heavy atom. The van der Waals surface area contributed by atoms with Crippen LogP contribution in [0.3, 0.4) is 0 Å². The number of ether oxygens (including phenoxy) is 1. The van der Waals surface area contributed by atoms with Crippen molar-refractivity contribution in [3.05, 3.63) is 54.1 Å². The van der Waals surface area contributed by atoms with Gasteiger partial charge >= 0.3 is 5.97 Å². The van der Waals surface area contributed by atoms with Gasteiger partial charge in [-0.05, 0) is 30.4 Å². The number of rotatable bonds is 3. The van der Waals surface area contributed by atoms with E-state index in [2.05, 4.69) is 13.5 Å². The summed E-state index contributed by atoms with van der Waals surface area (Å²) in [7, 11) is 0. The molecule has 0 heterocycles. The highest BCUT2D eigenvalue weighted by Gasteiger charge is 2.10. The summed E-state index contributed by atoms with van der Waals surface area (Å²) in [5, 5.41) is 2.10. The van der Waals surface area contributed by atoms with Crippen molar-refractivity contribution in [1.82, 2.24) is 0 Å². The lowest BCUT2D eigenvalue weighted by Gasteiger charge is -2.10. The van der Waals surface area contributed by atoms with Crippen LogP contribution in [-0.4, -0.2) is 5.97 Å². The SMILES string of the molecule is C=C(C)C(=O)Oc1ccc(CC)c2ccccc12. The number of carbonyl (C=O) groups is 1. The number of aryl methyl sites for hydroxylation is 1.